The van der Waals surface area contributed by atoms with Gasteiger partial charge in [0.1, 0.15) is 6.54 Å². The SMILES string of the molecule is C1CN2CCN1CC2.CCCC[N+]12CCN(CC1)CC2.N#CC1CCCC(C#N)N1Cc1ccccc1.[Br-].[Br-].c1ccc(C[N+]23CCN(CC2)CC3)cc1. The fourth-order valence-corrected chi connectivity index (χ4v) is 9.36. The minimum Gasteiger partial charge on any atom is -1.00 e. The van der Waals surface area contributed by atoms with E-state index in [0.29, 0.717) is 6.54 Å². The Balaban J connectivity index is 0.000000163. The van der Waals surface area contributed by atoms with E-state index in [4.69, 9.17) is 10.5 Å². The van der Waals surface area contributed by atoms with Crippen molar-refractivity contribution in [3.63, 3.8) is 0 Å². The zero-order valence-electron chi connectivity index (χ0n) is 33.1. The standard InChI is InChI=1S/C14H15N3.C13H19N2.C10H21N2.C6H12N2.2BrH/c15-9-13-7-4-8-14(10-16)17(13)11-12-5-2-1-3-6-12;1-2-4-13(5-3-1)12-15-9-6-14(7-10-15)8-11-15;1-2-3-7-12-8-4-11(5-9-12)6-10-12;1-2-8-5-3-7(1)4-6-8;;/h1-3,5-6,13-14H,4,7-8,11H2;1-5H,6-12H2;2-10H2,1H3;1-6H2;2*1H/q;2*+1;;;/p-2. The quantitative estimate of drug-likeness (QED) is 0.310. The number of unbranched alkanes of at least 4 members (excludes halogenated alkanes) is 1. The first-order valence-electron chi connectivity index (χ1n) is 20.7. The molecule has 10 saturated heterocycles. The summed E-state index contributed by atoms with van der Waals surface area (Å²) in [6.45, 7) is 30.0. The maximum Gasteiger partial charge on any atom is 0.104 e. The van der Waals surface area contributed by atoms with Crippen molar-refractivity contribution < 1.29 is 42.9 Å². The zero-order valence-corrected chi connectivity index (χ0v) is 36.3. The molecule has 12 rings (SSSR count). The molecule has 9 nitrogen and oxygen atoms in total. The van der Waals surface area contributed by atoms with Gasteiger partial charge in [-0.05, 0) is 31.2 Å². The molecule has 2 atom stereocenters. The van der Waals surface area contributed by atoms with Crippen LogP contribution < -0.4 is 34.0 Å². The van der Waals surface area contributed by atoms with Crippen molar-refractivity contribution in [2.75, 3.05) is 124 Å². The molecule has 298 valence electrons. The Morgan fingerprint density at radius 1 is 0.556 bits per heavy atom. The van der Waals surface area contributed by atoms with Crippen molar-refractivity contribution in [1.29, 1.82) is 10.5 Å². The maximum absolute atomic E-state index is 9.15. The molecule has 0 amide bonds. The van der Waals surface area contributed by atoms with E-state index < -0.39 is 0 Å². The zero-order chi connectivity index (χ0) is 36.1. The summed E-state index contributed by atoms with van der Waals surface area (Å²) in [4.78, 5) is 12.3. The molecule has 0 radical (unpaired) electrons. The van der Waals surface area contributed by atoms with Gasteiger partial charge in [0.25, 0.3) is 0 Å². The average Bonchev–Trinajstić information content (AvgIpc) is 3.23. The van der Waals surface area contributed by atoms with E-state index in [2.05, 4.69) is 69.0 Å². The average molecular weight is 870 g/mol. The monoisotopic (exact) mass is 867 g/mol. The van der Waals surface area contributed by atoms with Gasteiger partial charge in [0.2, 0.25) is 0 Å². The predicted molar refractivity (Wildman–Crippen MR) is 210 cm³/mol. The van der Waals surface area contributed by atoms with Crippen LogP contribution in [0.3, 0.4) is 0 Å². The van der Waals surface area contributed by atoms with Crippen LogP contribution >= 0.6 is 0 Å². The van der Waals surface area contributed by atoms with Gasteiger partial charge in [0.15, 0.2) is 0 Å². The van der Waals surface area contributed by atoms with E-state index >= 15 is 0 Å². The summed E-state index contributed by atoms with van der Waals surface area (Å²) < 4.78 is 2.78. The van der Waals surface area contributed by atoms with Gasteiger partial charge in [-0.2, -0.15) is 10.5 Å². The van der Waals surface area contributed by atoms with Crippen LogP contribution in [0.2, 0.25) is 0 Å². The molecule has 10 aliphatic rings. The number of piperazine rings is 9. The van der Waals surface area contributed by atoms with E-state index in [1.807, 2.05) is 35.2 Å². The van der Waals surface area contributed by atoms with Crippen molar-refractivity contribution in [2.45, 2.75) is 64.2 Å². The smallest absolute Gasteiger partial charge is 0.104 e. The molecule has 2 unspecified atom stereocenters. The van der Waals surface area contributed by atoms with Crippen LogP contribution in [-0.4, -0.2) is 170 Å². The van der Waals surface area contributed by atoms with Gasteiger partial charge in [-0.15, -0.1) is 0 Å². The Kier molecular flexibility index (Phi) is 18.9. The molecule has 0 aliphatic carbocycles. The molecular weight excluding hydrogens is 802 g/mol. The maximum atomic E-state index is 9.15. The Labute approximate surface area is 348 Å². The minimum absolute atomic E-state index is 0. The van der Waals surface area contributed by atoms with Crippen molar-refractivity contribution in [1.82, 2.24) is 24.5 Å². The van der Waals surface area contributed by atoms with Crippen LogP contribution in [0, 0.1) is 22.7 Å². The number of quaternary nitrogens is 2. The van der Waals surface area contributed by atoms with Crippen LogP contribution in [0.5, 0.6) is 0 Å². The molecule has 10 heterocycles. The Hall–Kier alpha value is -1.90. The summed E-state index contributed by atoms with van der Waals surface area (Å²) in [5.41, 5.74) is 2.67. The number of benzene rings is 2. The van der Waals surface area contributed by atoms with Crippen molar-refractivity contribution in [3.05, 3.63) is 71.8 Å². The molecule has 11 heteroatoms. The van der Waals surface area contributed by atoms with Crippen molar-refractivity contribution >= 4 is 0 Å². The normalized spacial score (nSPS) is 32.9. The van der Waals surface area contributed by atoms with Gasteiger partial charge >= 0.3 is 0 Å². The second-order valence-electron chi connectivity index (χ2n) is 16.5. The Morgan fingerprint density at radius 2 is 0.944 bits per heavy atom. The molecule has 54 heavy (non-hydrogen) atoms. The molecule has 2 aromatic carbocycles. The highest BCUT2D eigenvalue weighted by Gasteiger charge is 2.39. The summed E-state index contributed by atoms with van der Waals surface area (Å²) in [6.07, 6.45) is 5.52. The number of piperidine rings is 1. The Morgan fingerprint density at radius 3 is 1.33 bits per heavy atom. The molecular formula is C43H67Br2N9. The number of hydrogen-bond donors (Lipinski definition) is 0. The lowest BCUT2D eigenvalue weighted by Gasteiger charge is -2.50. The number of fused-ring (bicyclic) bond motifs is 9. The fraction of sp³-hybridized carbons (Fsp3) is 0.674. The van der Waals surface area contributed by atoms with Crippen molar-refractivity contribution in [2.24, 2.45) is 0 Å². The summed E-state index contributed by atoms with van der Waals surface area (Å²) >= 11 is 0. The van der Waals surface area contributed by atoms with Crippen LogP contribution in [0.4, 0.5) is 0 Å². The van der Waals surface area contributed by atoms with Crippen LogP contribution in [0.15, 0.2) is 60.7 Å². The summed E-state index contributed by atoms with van der Waals surface area (Å²) in [5, 5.41) is 18.3. The second-order valence-corrected chi connectivity index (χ2v) is 16.5. The van der Waals surface area contributed by atoms with Crippen molar-refractivity contribution in [3.8, 4) is 12.1 Å². The van der Waals surface area contributed by atoms with Crippen LogP contribution in [0.1, 0.15) is 50.2 Å². The molecule has 10 fully saturated rings. The predicted octanol–water partition coefficient (Wildman–Crippen LogP) is -1.65. The van der Waals surface area contributed by atoms with Gasteiger partial charge in [-0.25, -0.2) is 0 Å². The third-order valence-electron chi connectivity index (χ3n) is 13.1. The summed E-state index contributed by atoms with van der Waals surface area (Å²) in [5.74, 6) is 0. The van der Waals surface area contributed by atoms with Gasteiger partial charge in [-0.1, -0.05) is 74.0 Å². The van der Waals surface area contributed by atoms with Crippen LogP contribution in [0.25, 0.3) is 0 Å². The van der Waals surface area contributed by atoms with E-state index in [1.165, 1.54) is 158 Å². The van der Waals surface area contributed by atoms with E-state index in [9.17, 15) is 0 Å². The van der Waals surface area contributed by atoms with Gasteiger partial charge in [0.05, 0.1) is 70.0 Å². The van der Waals surface area contributed by atoms with E-state index in [1.54, 1.807) is 0 Å². The van der Waals surface area contributed by atoms with Crippen LogP contribution in [-0.2, 0) is 13.1 Å². The van der Waals surface area contributed by atoms with Gasteiger partial charge in [-0.3, -0.25) is 24.5 Å². The first-order valence-corrected chi connectivity index (χ1v) is 20.7. The number of halogens is 2. The molecule has 2 aromatic rings. The molecule has 0 aromatic heterocycles. The minimum atomic E-state index is -0.117. The number of nitriles is 2. The van der Waals surface area contributed by atoms with Gasteiger partial charge < -0.3 is 42.9 Å². The number of rotatable bonds is 7. The first kappa shape index (κ1) is 44.8. The number of hydrogen-bond acceptors (Lipinski definition) is 7. The largest absolute Gasteiger partial charge is 1.00 e. The highest BCUT2D eigenvalue weighted by atomic mass is 79.9. The van der Waals surface area contributed by atoms with Gasteiger partial charge in [0, 0.05) is 90.6 Å². The topological polar surface area (TPSA) is 63.8 Å². The molecule has 0 N–H and O–H groups in total. The number of nitrogens with zero attached hydrogens (tertiary/aromatic N) is 9. The molecule has 0 spiro atoms. The molecule has 10 aliphatic heterocycles. The summed E-state index contributed by atoms with van der Waals surface area (Å²) in [6, 6.07) is 25.4. The van der Waals surface area contributed by atoms with E-state index in [0.717, 1.165) is 24.8 Å². The summed E-state index contributed by atoms with van der Waals surface area (Å²) in [7, 11) is 0. The lowest BCUT2D eigenvalue weighted by atomic mass is 9.96. The first-order chi connectivity index (χ1) is 25.5. The highest BCUT2D eigenvalue weighted by molar-refractivity contribution is 5.17. The Bertz CT molecular complexity index is 1340. The third-order valence-corrected chi connectivity index (χ3v) is 13.1. The number of likely N-dealkylation sites (tertiary alicyclic amines) is 1. The lowest BCUT2D eigenvalue weighted by molar-refractivity contribution is -0.953. The highest BCUT2D eigenvalue weighted by Crippen LogP contribution is 2.25. The second kappa shape index (κ2) is 22.7. The lowest BCUT2D eigenvalue weighted by Crippen LogP contribution is -3.00. The molecule has 6 bridgehead atoms. The fourth-order valence-electron chi connectivity index (χ4n) is 9.36. The third kappa shape index (κ3) is 12.8. The van der Waals surface area contributed by atoms with E-state index in [-0.39, 0.29) is 46.0 Å². The molecule has 0 saturated carbocycles.